The number of nitrogens with zero attached hydrogens (tertiary/aromatic N) is 2. The highest BCUT2D eigenvalue weighted by atomic mass is 32.2. The summed E-state index contributed by atoms with van der Waals surface area (Å²) < 4.78 is 27.3. The Morgan fingerprint density at radius 3 is 2.45 bits per heavy atom. The van der Waals surface area contributed by atoms with Crippen molar-refractivity contribution in [2.45, 2.75) is 43.7 Å². The highest BCUT2D eigenvalue weighted by Gasteiger charge is 2.33. The van der Waals surface area contributed by atoms with Crippen molar-refractivity contribution in [2.24, 2.45) is 5.92 Å². The number of rotatable bonds is 7. The van der Waals surface area contributed by atoms with E-state index < -0.39 is 10.0 Å². The molecule has 0 radical (unpaired) electrons. The minimum atomic E-state index is -3.56. The van der Waals surface area contributed by atoms with Gasteiger partial charge < -0.3 is 5.32 Å². The first-order valence-corrected chi connectivity index (χ1v) is 12.6. The van der Waals surface area contributed by atoms with Crippen molar-refractivity contribution in [1.82, 2.24) is 14.5 Å². The molecule has 2 aromatic rings. The molecule has 1 amide bonds. The van der Waals surface area contributed by atoms with E-state index in [1.807, 2.05) is 12.1 Å². The van der Waals surface area contributed by atoms with E-state index in [0.717, 1.165) is 25.2 Å². The molecule has 0 bridgehead atoms. The van der Waals surface area contributed by atoms with Crippen LogP contribution in [0.15, 0.2) is 59.5 Å². The Kier molecular flexibility index (Phi) is 7.05. The second kappa shape index (κ2) is 9.94. The van der Waals surface area contributed by atoms with Crippen molar-refractivity contribution < 1.29 is 13.2 Å². The highest BCUT2D eigenvalue weighted by Crippen LogP contribution is 2.24. The van der Waals surface area contributed by atoms with Gasteiger partial charge in [-0.25, -0.2) is 8.42 Å². The molecule has 6 nitrogen and oxygen atoms in total. The van der Waals surface area contributed by atoms with E-state index in [4.69, 9.17) is 0 Å². The van der Waals surface area contributed by atoms with E-state index >= 15 is 0 Å². The maximum absolute atomic E-state index is 12.9. The van der Waals surface area contributed by atoms with E-state index in [-0.39, 0.29) is 23.3 Å². The maximum atomic E-state index is 12.9. The summed E-state index contributed by atoms with van der Waals surface area (Å²) in [7, 11) is -3.56. The van der Waals surface area contributed by atoms with Crippen molar-refractivity contribution >= 4 is 15.9 Å². The Hall–Kier alpha value is -2.22. The van der Waals surface area contributed by atoms with Crippen LogP contribution in [0.1, 0.15) is 36.8 Å². The fourth-order valence-electron chi connectivity index (χ4n) is 4.49. The van der Waals surface area contributed by atoms with E-state index in [1.165, 1.54) is 22.7 Å². The molecule has 2 aliphatic heterocycles. The molecule has 166 valence electrons. The summed E-state index contributed by atoms with van der Waals surface area (Å²) >= 11 is 0. The zero-order valence-electron chi connectivity index (χ0n) is 17.9. The van der Waals surface area contributed by atoms with E-state index in [1.54, 1.807) is 30.3 Å². The van der Waals surface area contributed by atoms with Gasteiger partial charge in [0.1, 0.15) is 0 Å². The fraction of sp³-hybridized carbons (Fsp3) is 0.458. The van der Waals surface area contributed by atoms with Crippen LogP contribution in [0.2, 0.25) is 0 Å². The molecule has 2 fully saturated rings. The van der Waals surface area contributed by atoms with Crippen LogP contribution in [-0.4, -0.2) is 49.7 Å². The van der Waals surface area contributed by atoms with Crippen LogP contribution in [-0.2, 0) is 27.9 Å². The first kappa shape index (κ1) is 22.0. The Labute approximate surface area is 185 Å². The van der Waals surface area contributed by atoms with Crippen LogP contribution in [0.4, 0.5) is 0 Å². The Balaban J connectivity index is 1.33. The predicted molar refractivity (Wildman–Crippen MR) is 121 cm³/mol. The minimum Gasteiger partial charge on any atom is -0.352 e. The van der Waals surface area contributed by atoms with E-state index in [0.29, 0.717) is 25.9 Å². The molecule has 2 heterocycles. The quantitative estimate of drug-likeness (QED) is 0.717. The molecule has 2 saturated heterocycles. The number of piperidine rings is 1. The standard InChI is InChI=1S/C24H31N3O3S/c28-24(25-17-20-8-6-9-21(16-20)18-26-13-4-5-14-26)22-10-7-15-27(19-22)31(29,30)23-11-2-1-3-12-23/h1-3,6,8-9,11-12,16,22H,4-5,7,10,13-15,17-19H2,(H,25,28)/t22-/m0/s1. The number of hydrogen-bond acceptors (Lipinski definition) is 4. The number of carbonyl (C=O) groups is 1. The second-order valence-corrected chi connectivity index (χ2v) is 10.5. The number of carbonyl (C=O) groups excluding carboxylic acids is 1. The third-order valence-corrected chi connectivity index (χ3v) is 8.08. The topological polar surface area (TPSA) is 69.7 Å². The Bertz CT molecular complexity index is 988. The second-order valence-electron chi connectivity index (χ2n) is 8.54. The molecule has 0 aromatic heterocycles. The number of nitrogens with one attached hydrogen (secondary N) is 1. The number of amides is 1. The van der Waals surface area contributed by atoms with Crippen molar-refractivity contribution in [2.75, 3.05) is 26.2 Å². The third kappa shape index (κ3) is 5.53. The molecule has 7 heteroatoms. The molecule has 2 aromatic carbocycles. The van der Waals surface area contributed by atoms with Gasteiger partial charge in [0.15, 0.2) is 0 Å². The number of likely N-dealkylation sites (tertiary alicyclic amines) is 1. The van der Waals surface area contributed by atoms with Crippen molar-refractivity contribution in [3.63, 3.8) is 0 Å². The average Bonchev–Trinajstić information content (AvgIpc) is 3.31. The SMILES string of the molecule is O=C(NCc1cccc(CN2CCCC2)c1)[C@H]1CCCN(S(=O)(=O)c2ccccc2)C1. The lowest BCUT2D eigenvalue weighted by Crippen LogP contribution is -2.45. The third-order valence-electron chi connectivity index (χ3n) is 6.20. The Morgan fingerprint density at radius 1 is 0.935 bits per heavy atom. The monoisotopic (exact) mass is 441 g/mol. The molecule has 0 saturated carbocycles. The number of benzene rings is 2. The van der Waals surface area contributed by atoms with Gasteiger partial charge >= 0.3 is 0 Å². The molecular weight excluding hydrogens is 410 g/mol. The summed E-state index contributed by atoms with van der Waals surface area (Å²) in [5.74, 6) is -0.391. The predicted octanol–water partition coefficient (Wildman–Crippen LogP) is 3.00. The van der Waals surface area contributed by atoms with Gasteiger partial charge in [-0.3, -0.25) is 9.69 Å². The molecule has 31 heavy (non-hydrogen) atoms. The lowest BCUT2D eigenvalue weighted by atomic mass is 9.98. The zero-order valence-corrected chi connectivity index (χ0v) is 18.7. The number of hydrogen-bond donors (Lipinski definition) is 1. The lowest BCUT2D eigenvalue weighted by molar-refractivity contribution is -0.126. The smallest absolute Gasteiger partial charge is 0.243 e. The average molecular weight is 442 g/mol. The molecular formula is C24H31N3O3S. The molecule has 0 spiro atoms. The summed E-state index contributed by atoms with van der Waals surface area (Å²) in [4.78, 5) is 15.5. The van der Waals surface area contributed by atoms with Gasteiger partial charge in [-0.2, -0.15) is 4.31 Å². The summed E-state index contributed by atoms with van der Waals surface area (Å²) in [5.41, 5.74) is 2.35. The van der Waals surface area contributed by atoms with Crippen LogP contribution < -0.4 is 5.32 Å². The molecule has 1 atom stereocenters. The summed E-state index contributed by atoms with van der Waals surface area (Å²) in [5, 5.41) is 3.03. The van der Waals surface area contributed by atoms with Gasteiger partial charge in [-0.05, 0) is 62.0 Å². The molecule has 1 N–H and O–H groups in total. The van der Waals surface area contributed by atoms with Crippen LogP contribution >= 0.6 is 0 Å². The largest absolute Gasteiger partial charge is 0.352 e. The zero-order chi connectivity index (χ0) is 21.7. The first-order chi connectivity index (χ1) is 15.0. The van der Waals surface area contributed by atoms with Gasteiger partial charge in [0.2, 0.25) is 15.9 Å². The van der Waals surface area contributed by atoms with Crippen LogP contribution in [0.5, 0.6) is 0 Å². The summed E-state index contributed by atoms with van der Waals surface area (Å²) in [6.07, 6.45) is 3.94. The Morgan fingerprint density at radius 2 is 1.68 bits per heavy atom. The fourth-order valence-corrected chi connectivity index (χ4v) is 6.03. The van der Waals surface area contributed by atoms with Crippen LogP contribution in [0, 0.1) is 5.92 Å². The van der Waals surface area contributed by atoms with Crippen LogP contribution in [0.3, 0.4) is 0 Å². The van der Waals surface area contributed by atoms with Gasteiger partial charge in [0.05, 0.1) is 10.8 Å². The molecule has 0 unspecified atom stereocenters. The first-order valence-electron chi connectivity index (χ1n) is 11.2. The summed E-state index contributed by atoms with van der Waals surface area (Å²) in [6.45, 7) is 4.43. The van der Waals surface area contributed by atoms with E-state index in [2.05, 4.69) is 22.3 Å². The lowest BCUT2D eigenvalue weighted by Gasteiger charge is -2.31. The number of sulfonamides is 1. The maximum Gasteiger partial charge on any atom is 0.243 e. The molecule has 2 aliphatic rings. The summed E-state index contributed by atoms with van der Waals surface area (Å²) in [6, 6.07) is 16.8. The van der Waals surface area contributed by atoms with Gasteiger partial charge in [-0.1, -0.05) is 42.5 Å². The minimum absolute atomic E-state index is 0.0714. The van der Waals surface area contributed by atoms with Gasteiger partial charge in [-0.15, -0.1) is 0 Å². The van der Waals surface area contributed by atoms with Gasteiger partial charge in [0.25, 0.3) is 0 Å². The highest BCUT2D eigenvalue weighted by molar-refractivity contribution is 7.89. The van der Waals surface area contributed by atoms with Crippen molar-refractivity contribution in [1.29, 1.82) is 0 Å². The van der Waals surface area contributed by atoms with Crippen LogP contribution in [0.25, 0.3) is 0 Å². The van der Waals surface area contributed by atoms with Crippen molar-refractivity contribution in [3.05, 3.63) is 65.7 Å². The van der Waals surface area contributed by atoms with Gasteiger partial charge in [0, 0.05) is 26.2 Å². The molecule has 4 rings (SSSR count). The molecule has 0 aliphatic carbocycles. The van der Waals surface area contributed by atoms with E-state index in [9.17, 15) is 13.2 Å². The normalized spacial score (nSPS) is 20.6. The van der Waals surface area contributed by atoms with Crippen molar-refractivity contribution in [3.8, 4) is 0 Å².